The van der Waals surface area contributed by atoms with E-state index in [1.54, 1.807) is 43.0 Å². The first-order valence-corrected chi connectivity index (χ1v) is 16.7. The number of rotatable bonds is 14. The van der Waals surface area contributed by atoms with Gasteiger partial charge in [0.25, 0.3) is 0 Å². The molecule has 0 saturated carbocycles. The van der Waals surface area contributed by atoms with E-state index in [0.29, 0.717) is 17.8 Å². The summed E-state index contributed by atoms with van der Waals surface area (Å²) in [7, 11) is 0. The van der Waals surface area contributed by atoms with Gasteiger partial charge in [-0.3, -0.25) is 28.8 Å². The van der Waals surface area contributed by atoms with Gasteiger partial charge >= 0.3 is 0 Å². The lowest BCUT2D eigenvalue weighted by molar-refractivity contribution is -0.132. The Morgan fingerprint density at radius 2 is 1.33 bits per heavy atom. The fourth-order valence-electron chi connectivity index (χ4n) is 5.31. The molecule has 0 saturated heterocycles. The third kappa shape index (κ3) is 11.1. The maximum absolute atomic E-state index is 13.4. The highest BCUT2D eigenvalue weighted by Gasteiger charge is 2.27. The molecule has 0 bridgehead atoms. The normalized spacial score (nSPS) is 13.6. The van der Waals surface area contributed by atoms with Crippen LogP contribution in [0.25, 0.3) is 12.2 Å². The van der Waals surface area contributed by atoms with Crippen LogP contribution in [0.1, 0.15) is 55.9 Å². The molecule has 0 aromatic heterocycles. The molecule has 1 aliphatic rings. The number of benzene rings is 3. The number of fused-ring (bicyclic) bond motifs is 2. The van der Waals surface area contributed by atoms with Crippen molar-refractivity contribution in [3.8, 4) is 0 Å². The fraction of sp³-hybridized carbons (Fsp3) is 0.316. The van der Waals surface area contributed by atoms with E-state index in [4.69, 9.17) is 0 Å². The van der Waals surface area contributed by atoms with Crippen LogP contribution in [0, 0.1) is 5.92 Å². The number of carbonyl (C=O) groups excluding carboxylic acids is 6. The molecule has 1 aliphatic heterocycles. The van der Waals surface area contributed by atoms with Crippen LogP contribution in [0.4, 0.5) is 11.4 Å². The van der Waals surface area contributed by atoms with E-state index < -0.39 is 54.7 Å². The van der Waals surface area contributed by atoms with Crippen molar-refractivity contribution in [3.63, 3.8) is 0 Å². The van der Waals surface area contributed by atoms with Gasteiger partial charge in [-0.1, -0.05) is 80.6 Å². The number of carbonyl (C=O) groups is 6. The summed E-state index contributed by atoms with van der Waals surface area (Å²) in [5.74, 6) is -3.40. The molecule has 4 rings (SSSR count). The summed E-state index contributed by atoms with van der Waals surface area (Å²) >= 11 is 0. The molecule has 3 aromatic carbocycles. The minimum Gasteiger partial charge on any atom is -0.392 e. The highest BCUT2D eigenvalue weighted by molar-refractivity contribution is 6.00. The predicted molar refractivity (Wildman–Crippen MR) is 194 cm³/mol. The number of aliphatic hydroxyl groups is 1. The molecule has 1 heterocycles. The van der Waals surface area contributed by atoms with Crippen LogP contribution in [-0.4, -0.2) is 65.7 Å². The molecule has 0 spiro atoms. The Hall–Kier alpha value is -5.82. The molecular weight excluding hydrogens is 652 g/mol. The van der Waals surface area contributed by atoms with Crippen molar-refractivity contribution >= 4 is 59.0 Å². The molecule has 13 heteroatoms. The van der Waals surface area contributed by atoms with Crippen LogP contribution in [0.5, 0.6) is 0 Å². The van der Waals surface area contributed by atoms with E-state index in [0.717, 1.165) is 22.4 Å². The van der Waals surface area contributed by atoms with Crippen LogP contribution in [0.15, 0.2) is 72.8 Å². The summed E-state index contributed by atoms with van der Waals surface area (Å²) in [5, 5.41) is 21.9. The average molecular weight is 697 g/mol. The Morgan fingerprint density at radius 3 is 2.04 bits per heavy atom. The Balaban J connectivity index is 1.19. The van der Waals surface area contributed by atoms with E-state index in [-0.39, 0.29) is 31.3 Å². The molecule has 2 atom stereocenters. The maximum Gasteiger partial charge on any atom is 0.246 e. The summed E-state index contributed by atoms with van der Waals surface area (Å²) in [6, 6.07) is 20.0. The Labute approximate surface area is 296 Å². The van der Waals surface area contributed by atoms with Crippen LogP contribution in [0.3, 0.4) is 0 Å². The number of para-hydroxylation sites is 1. The van der Waals surface area contributed by atoms with Crippen molar-refractivity contribution < 1.29 is 33.9 Å². The second-order valence-electron chi connectivity index (χ2n) is 12.5. The monoisotopic (exact) mass is 696 g/mol. The van der Waals surface area contributed by atoms with E-state index in [1.165, 1.54) is 6.92 Å². The second-order valence-corrected chi connectivity index (χ2v) is 12.5. The van der Waals surface area contributed by atoms with E-state index >= 15 is 0 Å². The summed E-state index contributed by atoms with van der Waals surface area (Å²) in [6.07, 6.45) is 3.76. The molecular formula is C38H44N6O7. The molecule has 6 N–H and O–H groups in total. The van der Waals surface area contributed by atoms with Gasteiger partial charge in [0.15, 0.2) is 0 Å². The van der Waals surface area contributed by atoms with Crippen molar-refractivity contribution in [2.75, 3.05) is 23.3 Å². The van der Waals surface area contributed by atoms with Crippen molar-refractivity contribution in [2.24, 2.45) is 5.92 Å². The number of nitrogens with zero attached hydrogens (tertiary/aromatic N) is 1. The summed E-state index contributed by atoms with van der Waals surface area (Å²) < 4.78 is 0. The molecule has 268 valence electrons. The van der Waals surface area contributed by atoms with E-state index in [1.807, 2.05) is 60.7 Å². The zero-order valence-electron chi connectivity index (χ0n) is 28.9. The average Bonchev–Trinajstić information content (AvgIpc) is 3.12. The number of hydrogen-bond acceptors (Lipinski definition) is 7. The molecule has 3 aromatic rings. The molecule has 6 amide bonds. The molecule has 13 nitrogen and oxygen atoms in total. The van der Waals surface area contributed by atoms with Gasteiger partial charge in [0.2, 0.25) is 35.4 Å². The van der Waals surface area contributed by atoms with Gasteiger partial charge in [-0.15, -0.1) is 0 Å². The maximum atomic E-state index is 13.4. The molecule has 0 fully saturated rings. The number of hydrogen-bond donors (Lipinski definition) is 6. The van der Waals surface area contributed by atoms with Crippen LogP contribution < -0.4 is 31.5 Å². The van der Waals surface area contributed by atoms with Crippen LogP contribution >= 0.6 is 0 Å². The zero-order valence-corrected chi connectivity index (χ0v) is 28.9. The Kier molecular flexibility index (Phi) is 13.6. The largest absolute Gasteiger partial charge is 0.392 e. The summed E-state index contributed by atoms with van der Waals surface area (Å²) in [6.45, 7) is 4.31. The van der Waals surface area contributed by atoms with Crippen LogP contribution in [-0.2, 0) is 41.9 Å². The van der Waals surface area contributed by atoms with Gasteiger partial charge in [0, 0.05) is 18.5 Å². The number of aliphatic hydroxyl groups excluding tert-OH is 1. The molecule has 0 aliphatic carbocycles. The van der Waals surface area contributed by atoms with Gasteiger partial charge in [-0.05, 0) is 53.3 Å². The zero-order chi connectivity index (χ0) is 36.9. The standard InChI is InChI=1S/C38H44N6O7/c1-24(2)36(38(51)41-25(3)37(50)42-30-16-12-26(23-45)13-17-30)43-34(48)21-40-33(47)20-39-32(46)18-19-35(49)44-22-29-10-5-4-8-27(29)14-15-28-9-6-7-11-31(28)44/h4-17,24-25,36,45H,18-23H2,1-3H3,(H,39,46)(H,40,47)(H,41,51)(H,42,50)(H,43,48)/b15-14-/t25-,36-/m0/s1. The van der Waals surface area contributed by atoms with Crippen LogP contribution in [0.2, 0.25) is 0 Å². The van der Waals surface area contributed by atoms with Crippen molar-refractivity contribution in [3.05, 3.63) is 95.1 Å². The van der Waals surface area contributed by atoms with Gasteiger partial charge in [-0.2, -0.15) is 0 Å². The van der Waals surface area contributed by atoms with Crippen molar-refractivity contribution in [1.29, 1.82) is 0 Å². The van der Waals surface area contributed by atoms with E-state index in [2.05, 4.69) is 26.6 Å². The minimum atomic E-state index is -0.990. The topological polar surface area (TPSA) is 186 Å². The third-order valence-corrected chi connectivity index (χ3v) is 8.23. The van der Waals surface area contributed by atoms with Gasteiger partial charge in [0.05, 0.1) is 31.9 Å². The number of anilines is 2. The minimum absolute atomic E-state index is 0.0767. The Bertz CT molecular complexity index is 1770. The summed E-state index contributed by atoms with van der Waals surface area (Å²) in [5.41, 5.74) is 4.77. The lowest BCUT2D eigenvalue weighted by Gasteiger charge is -2.27. The lowest BCUT2D eigenvalue weighted by Crippen LogP contribution is -2.55. The number of amides is 6. The SMILES string of the molecule is CC(C)[C@H](NC(=O)CNC(=O)CNC(=O)CCC(=O)N1Cc2ccccc2/C=C\c2ccccc21)C(=O)N[C@@H](C)C(=O)Nc1ccc(CO)cc1. The molecule has 0 radical (unpaired) electrons. The molecule has 0 unspecified atom stereocenters. The Morgan fingerprint density at radius 1 is 0.706 bits per heavy atom. The van der Waals surface area contributed by atoms with Gasteiger partial charge in [0.1, 0.15) is 12.1 Å². The smallest absolute Gasteiger partial charge is 0.246 e. The quantitative estimate of drug-likeness (QED) is 0.150. The summed E-state index contributed by atoms with van der Waals surface area (Å²) in [4.78, 5) is 78.2. The number of nitrogens with one attached hydrogen (secondary N) is 5. The van der Waals surface area contributed by atoms with E-state index in [9.17, 15) is 33.9 Å². The lowest BCUT2D eigenvalue weighted by atomic mass is 10.0. The molecule has 51 heavy (non-hydrogen) atoms. The highest BCUT2D eigenvalue weighted by atomic mass is 16.3. The van der Waals surface area contributed by atoms with Crippen molar-refractivity contribution in [1.82, 2.24) is 21.3 Å². The fourth-order valence-corrected chi connectivity index (χ4v) is 5.31. The first-order valence-electron chi connectivity index (χ1n) is 16.7. The first kappa shape index (κ1) is 38.0. The second kappa shape index (κ2) is 18.3. The predicted octanol–water partition coefficient (Wildman–Crippen LogP) is 2.49. The third-order valence-electron chi connectivity index (χ3n) is 8.23. The van der Waals surface area contributed by atoms with Crippen molar-refractivity contribution in [2.45, 2.75) is 58.8 Å². The first-order chi connectivity index (χ1) is 24.4. The highest BCUT2D eigenvalue weighted by Crippen LogP contribution is 2.29. The van der Waals surface area contributed by atoms with Gasteiger partial charge in [-0.25, -0.2) is 0 Å². The van der Waals surface area contributed by atoms with Gasteiger partial charge < -0.3 is 36.6 Å².